The number of halogens is 5. The summed E-state index contributed by atoms with van der Waals surface area (Å²) in [6.07, 6.45) is -0.289. The zero-order valence-corrected chi connectivity index (χ0v) is 17.1. The number of rotatable bonds is 6. The van der Waals surface area contributed by atoms with Gasteiger partial charge in [0.05, 0.1) is 5.02 Å². The van der Waals surface area contributed by atoms with Gasteiger partial charge in [-0.3, -0.25) is 9.59 Å². The van der Waals surface area contributed by atoms with E-state index in [0.717, 1.165) is 0 Å². The standard InChI is InChI=1S/C18H14Cl5NO2/c19-12-6-7-14(15(20)10-12)16(25)8-11(18(21,22)23)9-17(26)24-13-4-2-1-3-5-13/h1-7,10-11H,8-9H2,(H,24,26). The molecule has 0 heterocycles. The first-order valence-electron chi connectivity index (χ1n) is 7.56. The molecule has 0 radical (unpaired) electrons. The van der Waals surface area contributed by atoms with Crippen molar-refractivity contribution in [1.29, 1.82) is 0 Å². The maximum atomic E-state index is 12.5. The Morgan fingerprint density at radius 1 is 0.962 bits per heavy atom. The molecule has 0 aliphatic heterocycles. The van der Waals surface area contributed by atoms with E-state index in [4.69, 9.17) is 58.0 Å². The fourth-order valence-electron chi connectivity index (χ4n) is 2.31. The number of benzene rings is 2. The van der Waals surface area contributed by atoms with E-state index in [9.17, 15) is 9.59 Å². The van der Waals surface area contributed by atoms with E-state index in [1.54, 1.807) is 30.3 Å². The summed E-state index contributed by atoms with van der Waals surface area (Å²) in [6, 6.07) is 13.4. The highest BCUT2D eigenvalue weighted by Crippen LogP contribution is 2.40. The van der Waals surface area contributed by atoms with Crippen molar-refractivity contribution >= 4 is 75.4 Å². The maximum Gasteiger partial charge on any atom is 0.224 e. The average Bonchev–Trinajstić information content (AvgIpc) is 2.54. The molecule has 0 fully saturated rings. The molecule has 3 nitrogen and oxygen atoms in total. The molecular formula is C18H14Cl5NO2. The summed E-state index contributed by atoms with van der Waals surface area (Å²) in [5.41, 5.74) is 0.881. The van der Waals surface area contributed by atoms with Crippen molar-refractivity contribution in [3.05, 3.63) is 64.1 Å². The number of anilines is 1. The van der Waals surface area contributed by atoms with E-state index in [-0.39, 0.29) is 35.1 Å². The van der Waals surface area contributed by atoms with Crippen molar-refractivity contribution in [3.63, 3.8) is 0 Å². The van der Waals surface area contributed by atoms with Crippen molar-refractivity contribution < 1.29 is 9.59 Å². The van der Waals surface area contributed by atoms with Crippen molar-refractivity contribution in [2.75, 3.05) is 5.32 Å². The van der Waals surface area contributed by atoms with Gasteiger partial charge in [-0.2, -0.15) is 0 Å². The van der Waals surface area contributed by atoms with Crippen molar-refractivity contribution in [3.8, 4) is 0 Å². The third kappa shape index (κ3) is 6.33. The summed E-state index contributed by atoms with van der Waals surface area (Å²) in [4.78, 5) is 24.8. The lowest BCUT2D eigenvalue weighted by Crippen LogP contribution is -2.28. The molecule has 1 atom stereocenters. The second kappa shape index (κ2) is 9.29. The first-order chi connectivity index (χ1) is 12.2. The van der Waals surface area contributed by atoms with E-state index in [2.05, 4.69) is 5.32 Å². The number of hydrogen-bond donors (Lipinski definition) is 1. The van der Waals surface area contributed by atoms with Gasteiger partial charge in [-0.05, 0) is 30.3 Å². The first kappa shape index (κ1) is 21.3. The van der Waals surface area contributed by atoms with Crippen LogP contribution in [0.5, 0.6) is 0 Å². The van der Waals surface area contributed by atoms with Gasteiger partial charge in [0.1, 0.15) is 0 Å². The molecule has 26 heavy (non-hydrogen) atoms. The molecule has 0 bridgehead atoms. The molecule has 138 valence electrons. The van der Waals surface area contributed by atoms with Crippen LogP contribution in [-0.2, 0) is 4.79 Å². The SMILES string of the molecule is O=C(CC(CC(=O)c1ccc(Cl)cc1Cl)C(Cl)(Cl)Cl)Nc1ccccc1. The number of carbonyl (C=O) groups excluding carboxylic acids is 2. The van der Waals surface area contributed by atoms with E-state index in [0.29, 0.717) is 10.7 Å². The Bertz CT molecular complexity index is 790. The van der Waals surface area contributed by atoms with Gasteiger partial charge in [-0.1, -0.05) is 76.2 Å². The molecule has 1 unspecified atom stereocenters. The molecule has 1 amide bonds. The summed E-state index contributed by atoms with van der Waals surface area (Å²) >= 11 is 29.8. The fraction of sp³-hybridized carbons (Fsp3) is 0.222. The molecule has 0 aliphatic carbocycles. The van der Waals surface area contributed by atoms with Gasteiger partial charge in [-0.15, -0.1) is 0 Å². The van der Waals surface area contributed by atoms with Gasteiger partial charge in [0, 0.05) is 35.0 Å². The lowest BCUT2D eigenvalue weighted by Gasteiger charge is -2.23. The van der Waals surface area contributed by atoms with Crippen LogP contribution in [0.1, 0.15) is 23.2 Å². The largest absolute Gasteiger partial charge is 0.326 e. The van der Waals surface area contributed by atoms with Crippen LogP contribution in [0.3, 0.4) is 0 Å². The minimum atomic E-state index is -1.79. The van der Waals surface area contributed by atoms with Gasteiger partial charge in [-0.25, -0.2) is 0 Å². The van der Waals surface area contributed by atoms with E-state index >= 15 is 0 Å². The Hall–Kier alpha value is -0.970. The minimum Gasteiger partial charge on any atom is -0.326 e. The predicted molar refractivity (Wildman–Crippen MR) is 109 cm³/mol. The van der Waals surface area contributed by atoms with Crippen molar-refractivity contribution in [2.45, 2.75) is 16.6 Å². The Labute approximate surface area is 176 Å². The number of hydrogen-bond acceptors (Lipinski definition) is 2. The van der Waals surface area contributed by atoms with Gasteiger partial charge in [0.2, 0.25) is 5.91 Å². The summed E-state index contributed by atoms with van der Waals surface area (Å²) < 4.78 is -1.79. The van der Waals surface area contributed by atoms with Crippen molar-refractivity contribution in [1.82, 2.24) is 0 Å². The molecule has 0 aliphatic rings. The Balaban J connectivity index is 2.10. The second-order valence-electron chi connectivity index (χ2n) is 5.61. The molecule has 2 aromatic carbocycles. The summed E-state index contributed by atoms with van der Waals surface area (Å²) in [7, 11) is 0. The van der Waals surface area contributed by atoms with Crippen LogP contribution in [0.4, 0.5) is 5.69 Å². The van der Waals surface area contributed by atoms with Crippen LogP contribution < -0.4 is 5.32 Å². The zero-order chi connectivity index (χ0) is 19.3. The Kier molecular flexibility index (Phi) is 7.63. The average molecular weight is 454 g/mol. The number of alkyl halides is 3. The van der Waals surface area contributed by atoms with Gasteiger partial charge >= 0.3 is 0 Å². The normalized spacial score (nSPS) is 12.5. The van der Waals surface area contributed by atoms with Crippen LogP contribution in [0.15, 0.2) is 48.5 Å². The number of para-hydroxylation sites is 1. The Morgan fingerprint density at radius 3 is 2.19 bits per heavy atom. The molecule has 0 spiro atoms. The van der Waals surface area contributed by atoms with Crippen LogP contribution >= 0.6 is 58.0 Å². The lowest BCUT2D eigenvalue weighted by molar-refractivity contribution is -0.117. The number of amides is 1. The van der Waals surface area contributed by atoms with Crippen LogP contribution in [0.2, 0.25) is 10.0 Å². The monoisotopic (exact) mass is 451 g/mol. The highest BCUT2D eigenvalue weighted by molar-refractivity contribution is 6.67. The third-order valence-corrected chi connectivity index (χ3v) is 5.09. The molecule has 2 rings (SSSR count). The highest BCUT2D eigenvalue weighted by Gasteiger charge is 2.36. The molecule has 0 saturated heterocycles. The number of ketones is 1. The van der Waals surface area contributed by atoms with Crippen LogP contribution in [0, 0.1) is 5.92 Å². The van der Waals surface area contributed by atoms with Gasteiger partial charge in [0.25, 0.3) is 0 Å². The first-order valence-corrected chi connectivity index (χ1v) is 9.45. The third-order valence-electron chi connectivity index (χ3n) is 3.62. The van der Waals surface area contributed by atoms with Gasteiger partial charge in [0.15, 0.2) is 9.58 Å². The predicted octanol–water partition coefficient (Wildman–Crippen LogP) is 6.58. The lowest BCUT2D eigenvalue weighted by atomic mass is 9.96. The summed E-state index contributed by atoms with van der Waals surface area (Å²) in [5.74, 6) is -1.52. The summed E-state index contributed by atoms with van der Waals surface area (Å²) in [6.45, 7) is 0. The van der Waals surface area contributed by atoms with Gasteiger partial charge < -0.3 is 5.32 Å². The molecule has 0 saturated carbocycles. The number of Topliss-reactive ketones (excluding diaryl/α,β-unsaturated/α-hetero) is 1. The van der Waals surface area contributed by atoms with E-state index < -0.39 is 9.71 Å². The van der Waals surface area contributed by atoms with E-state index in [1.807, 2.05) is 6.07 Å². The summed E-state index contributed by atoms with van der Waals surface area (Å²) in [5, 5.41) is 3.32. The number of nitrogens with one attached hydrogen (secondary N) is 1. The maximum absolute atomic E-state index is 12.5. The van der Waals surface area contributed by atoms with Crippen LogP contribution in [0.25, 0.3) is 0 Å². The second-order valence-corrected chi connectivity index (χ2v) is 8.82. The highest BCUT2D eigenvalue weighted by atomic mass is 35.6. The molecular weight excluding hydrogens is 439 g/mol. The van der Waals surface area contributed by atoms with Crippen molar-refractivity contribution in [2.24, 2.45) is 5.92 Å². The van der Waals surface area contributed by atoms with E-state index in [1.165, 1.54) is 12.1 Å². The Morgan fingerprint density at radius 2 is 1.62 bits per heavy atom. The topological polar surface area (TPSA) is 46.2 Å². The smallest absolute Gasteiger partial charge is 0.224 e. The molecule has 1 N–H and O–H groups in total. The number of carbonyl (C=O) groups is 2. The quantitative estimate of drug-likeness (QED) is 0.397. The molecule has 8 heteroatoms. The molecule has 0 aromatic heterocycles. The minimum absolute atomic E-state index is 0.137. The zero-order valence-electron chi connectivity index (χ0n) is 13.3. The van der Waals surface area contributed by atoms with Crippen LogP contribution in [-0.4, -0.2) is 15.5 Å². The molecule has 2 aromatic rings. The fourth-order valence-corrected chi connectivity index (χ4v) is 3.29.